The highest BCUT2D eigenvalue weighted by Gasteiger charge is 2.23. The van der Waals surface area contributed by atoms with E-state index in [1.807, 2.05) is 12.1 Å². The number of fused-ring (bicyclic) bond motifs is 1. The molecule has 1 heterocycles. The fourth-order valence-electron chi connectivity index (χ4n) is 3.97. The van der Waals surface area contributed by atoms with Gasteiger partial charge in [-0.3, -0.25) is 4.79 Å². The summed E-state index contributed by atoms with van der Waals surface area (Å²) in [4.78, 5) is 14.8. The Morgan fingerprint density at radius 1 is 1.08 bits per heavy atom. The van der Waals surface area contributed by atoms with Gasteiger partial charge in [-0.25, -0.2) is 0 Å². The zero-order valence-electron chi connectivity index (χ0n) is 15.4. The van der Waals surface area contributed by atoms with Gasteiger partial charge < -0.3 is 10.2 Å². The predicted octanol–water partition coefficient (Wildman–Crippen LogP) is 4.59. The van der Waals surface area contributed by atoms with E-state index >= 15 is 0 Å². The summed E-state index contributed by atoms with van der Waals surface area (Å²) >= 11 is 0. The van der Waals surface area contributed by atoms with Crippen LogP contribution in [0.5, 0.6) is 0 Å². The van der Waals surface area contributed by atoms with Crippen molar-refractivity contribution in [2.45, 2.75) is 25.7 Å². The number of rotatable bonds is 3. The van der Waals surface area contributed by atoms with E-state index in [-0.39, 0.29) is 11.8 Å². The number of benzene rings is 2. The van der Waals surface area contributed by atoms with Gasteiger partial charge in [-0.05, 0) is 80.2 Å². The van der Waals surface area contributed by atoms with Crippen molar-refractivity contribution in [3.8, 4) is 11.1 Å². The minimum Gasteiger partial charge on any atom is -0.326 e. The summed E-state index contributed by atoms with van der Waals surface area (Å²) in [5, 5.41) is 3.10. The fourth-order valence-corrected chi connectivity index (χ4v) is 3.97. The average molecular weight is 346 g/mol. The molecule has 134 valence electrons. The Morgan fingerprint density at radius 3 is 2.62 bits per heavy atom. The van der Waals surface area contributed by atoms with Gasteiger partial charge in [0, 0.05) is 11.6 Å². The SMILES string of the molecule is CN1CCC(C(=O)Nc2ccc(-c3cccc4c3C=CCC4)cc2)CC1. The summed E-state index contributed by atoms with van der Waals surface area (Å²) in [5.74, 6) is 0.294. The highest BCUT2D eigenvalue weighted by molar-refractivity contribution is 5.93. The van der Waals surface area contributed by atoms with Gasteiger partial charge in [0.1, 0.15) is 0 Å². The van der Waals surface area contributed by atoms with Crippen LogP contribution in [0.25, 0.3) is 17.2 Å². The van der Waals surface area contributed by atoms with Gasteiger partial charge >= 0.3 is 0 Å². The third-order valence-corrected chi connectivity index (χ3v) is 5.61. The van der Waals surface area contributed by atoms with E-state index in [1.54, 1.807) is 0 Å². The summed E-state index contributed by atoms with van der Waals surface area (Å²) in [7, 11) is 2.12. The van der Waals surface area contributed by atoms with Gasteiger partial charge in [-0.2, -0.15) is 0 Å². The number of aryl methyl sites for hydroxylation is 1. The van der Waals surface area contributed by atoms with Crippen LogP contribution in [0.15, 0.2) is 48.5 Å². The molecule has 4 rings (SSSR count). The van der Waals surface area contributed by atoms with Crippen LogP contribution in [0, 0.1) is 5.92 Å². The van der Waals surface area contributed by atoms with E-state index in [0.29, 0.717) is 0 Å². The van der Waals surface area contributed by atoms with Crippen LogP contribution < -0.4 is 5.32 Å². The van der Waals surface area contributed by atoms with Gasteiger partial charge in [-0.1, -0.05) is 42.5 Å². The molecule has 2 aliphatic rings. The number of hydrogen-bond acceptors (Lipinski definition) is 2. The molecule has 0 aromatic heterocycles. The van der Waals surface area contributed by atoms with Crippen molar-refractivity contribution in [3.63, 3.8) is 0 Å². The summed E-state index contributed by atoms with van der Waals surface area (Å²) in [5.41, 5.74) is 6.11. The number of carbonyl (C=O) groups excluding carboxylic acids is 1. The average Bonchev–Trinajstić information content (AvgIpc) is 2.69. The summed E-state index contributed by atoms with van der Waals surface area (Å²) in [6.45, 7) is 2.01. The van der Waals surface area contributed by atoms with E-state index in [4.69, 9.17) is 0 Å². The monoisotopic (exact) mass is 346 g/mol. The lowest BCUT2D eigenvalue weighted by molar-refractivity contribution is -0.121. The van der Waals surface area contributed by atoms with Crippen molar-refractivity contribution in [3.05, 3.63) is 59.7 Å². The van der Waals surface area contributed by atoms with Crippen LogP contribution in [0.2, 0.25) is 0 Å². The molecule has 1 N–H and O–H groups in total. The molecule has 26 heavy (non-hydrogen) atoms. The molecule has 2 aromatic rings. The predicted molar refractivity (Wildman–Crippen MR) is 108 cm³/mol. The molecule has 0 radical (unpaired) electrons. The Labute approximate surface area is 155 Å². The molecule has 0 unspecified atom stereocenters. The molecule has 3 nitrogen and oxygen atoms in total. The summed E-state index contributed by atoms with van der Waals surface area (Å²) in [6.07, 6.45) is 8.63. The molecule has 1 fully saturated rings. The maximum Gasteiger partial charge on any atom is 0.227 e. The number of allylic oxidation sites excluding steroid dienone is 1. The molecule has 1 amide bonds. The number of anilines is 1. The topological polar surface area (TPSA) is 32.3 Å². The van der Waals surface area contributed by atoms with Gasteiger partial charge in [0.25, 0.3) is 0 Å². The third kappa shape index (κ3) is 3.58. The second-order valence-corrected chi connectivity index (χ2v) is 7.46. The lowest BCUT2D eigenvalue weighted by Gasteiger charge is -2.28. The number of carbonyl (C=O) groups is 1. The number of amides is 1. The van der Waals surface area contributed by atoms with Gasteiger partial charge in [0.15, 0.2) is 0 Å². The van der Waals surface area contributed by atoms with Crippen molar-refractivity contribution in [2.75, 3.05) is 25.5 Å². The normalized spacial score (nSPS) is 17.7. The Bertz CT molecular complexity index is 815. The molecule has 2 aromatic carbocycles. The molecule has 3 heteroatoms. The Morgan fingerprint density at radius 2 is 1.85 bits per heavy atom. The van der Waals surface area contributed by atoms with Crippen molar-refractivity contribution < 1.29 is 4.79 Å². The highest BCUT2D eigenvalue weighted by atomic mass is 16.1. The zero-order valence-corrected chi connectivity index (χ0v) is 15.4. The lowest BCUT2D eigenvalue weighted by Crippen LogP contribution is -2.35. The number of piperidine rings is 1. The van der Waals surface area contributed by atoms with E-state index in [1.165, 1.54) is 22.3 Å². The molecule has 0 saturated carbocycles. The number of nitrogens with one attached hydrogen (secondary N) is 1. The van der Waals surface area contributed by atoms with Crippen molar-refractivity contribution in [1.29, 1.82) is 0 Å². The molecule has 1 aliphatic heterocycles. The molecular weight excluding hydrogens is 320 g/mol. The molecular formula is C23H26N2O. The van der Waals surface area contributed by atoms with Crippen LogP contribution in [0.3, 0.4) is 0 Å². The van der Waals surface area contributed by atoms with Gasteiger partial charge in [0.05, 0.1) is 0 Å². The first kappa shape index (κ1) is 17.0. The number of nitrogens with zero attached hydrogens (tertiary/aromatic N) is 1. The first-order valence-corrected chi connectivity index (χ1v) is 9.59. The minimum absolute atomic E-state index is 0.136. The lowest BCUT2D eigenvalue weighted by atomic mass is 9.90. The van der Waals surface area contributed by atoms with E-state index < -0.39 is 0 Å². The standard InChI is InChI=1S/C23H26N2O/c1-25-15-13-19(14-16-25)23(26)24-20-11-9-18(10-12-20)22-8-4-6-17-5-2-3-7-21(17)22/h3-4,6-12,19H,2,5,13-16H2,1H3,(H,24,26). The molecule has 1 saturated heterocycles. The fraction of sp³-hybridized carbons (Fsp3) is 0.348. The third-order valence-electron chi connectivity index (χ3n) is 5.61. The molecule has 0 spiro atoms. The first-order chi connectivity index (χ1) is 12.7. The quantitative estimate of drug-likeness (QED) is 0.881. The van der Waals surface area contributed by atoms with Crippen LogP contribution in [-0.2, 0) is 11.2 Å². The van der Waals surface area contributed by atoms with E-state index in [0.717, 1.165) is 44.5 Å². The van der Waals surface area contributed by atoms with Crippen molar-refractivity contribution >= 4 is 17.7 Å². The van der Waals surface area contributed by atoms with Crippen LogP contribution in [0.1, 0.15) is 30.4 Å². The highest BCUT2D eigenvalue weighted by Crippen LogP contribution is 2.31. The van der Waals surface area contributed by atoms with Crippen molar-refractivity contribution in [1.82, 2.24) is 4.90 Å². The minimum atomic E-state index is 0.136. The molecule has 0 bridgehead atoms. The largest absolute Gasteiger partial charge is 0.326 e. The maximum atomic E-state index is 12.5. The van der Waals surface area contributed by atoms with Crippen LogP contribution in [-0.4, -0.2) is 30.9 Å². The van der Waals surface area contributed by atoms with E-state index in [9.17, 15) is 4.79 Å². The van der Waals surface area contributed by atoms with Gasteiger partial charge in [0.2, 0.25) is 5.91 Å². The Balaban J connectivity index is 1.48. The maximum absolute atomic E-state index is 12.5. The van der Waals surface area contributed by atoms with Crippen molar-refractivity contribution in [2.24, 2.45) is 5.92 Å². The van der Waals surface area contributed by atoms with Crippen LogP contribution in [0.4, 0.5) is 5.69 Å². The number of hydrogen-bond donors (Lipinski definition) is 1. The van der Waals surface area contributed by atoms with E-state index in [2.05, 4.69) is 59.7 Å². The molecule has 1 aliphatic carbocycles. The number of likely N-dealkylation sites (tertiary alicyclic amines) is 1. The molecule has 0 atom stereocenters. The van der Waals surface area contributed by atoms with Crippen LogP contribution >= 0.6 is 0 Å². The second kappa shape index (κ2) is 7.46. The first-order valence-electron chi connectivity index (χ1n) is 9.59. The Hall–Kier alpha value is -2.39. The smallest absolute Gasteiger partial charge is 0.227 e. The Kier molecular flexibility index (Phi) is 4.89. The second-order valence-electron chi connectivity index (χ2n) is 7.46. The zero-order chi connectivity index (χ0) is 17.9. The summed E-state index contributed by atoms with van der Waals surface area (Å²) in [6, 6.07) is 14.8. The summed E-state index contributed by atoms with van der Waals surface area (Å²) < 4.78 is 0. The van der Waals surface area contributed by atoms with Gasteiger partial charge in [-0.15, -0.1) is 0 Å².